The van der Waals surface area contributed by atoms with Gasteiger partial charge in [-0.2, -0.15) is 0 Å². The van der Waals surface area contributed by atoms with Gasteiger partial charge >= 0.3 is 0 Å². The van der Waals surface area contributed by atoms with Crippen LogP contribution in [0.2, 0.25) is 0 Å². The van der Waals surface area contributed by atoms with Gasteiger partial charge in [0.05, 0.1) is 0 Å². The molecule has 2 rings (SSSR count). The molecule has 6 heteroatoms. The number of rotatable bonds is 3. The van der Waals surface area contributed by atoms with E-state index in [1.807, 2.05) is 4.90 Å². The van der Waals surface area contributed by atoms with Crippen molar-refractivity contribution in [3.05, 3.63) is 5.01 Å². The standard InChI is InChI=1S/C10H15F2N3S/c1-6(2)9-13-14-10(16-9)15-4-3-7(5-15)8(11)12/h6-8H,3-5H2,1-2H3. The largest absolute Gasteiger partial charge is 0.346 e. The van der Waals surface area contributed by atoms with Gasteiger partial charge in [-0.15, -0.1) is 10.2 Å². The van der Waals surface area contributed by atoms with Crippen LogP contribution < -0.4 is 4.90 Å². The molecule has 16 heavy (non-hydrogen) atoms. The SMILES string of the molecule is CC(C)c1nnc(N2CCC(C(F)F)C2)s1. The lowest BCUT2D eigenvalue weighted by Gasteiger charge is -2.13. The second kappa shape index (κ2) is 4.61. The Bertz CT molecular complexity index is 354. The van der Waals surface area contributed by atoms with Gasteiger partial charge in [0.25, 0.3) is 0 Å². The molecular formula is C10H15F2N3S. The molecule has 0 N–H and O–H groups in total. The molecule has 0 aromatic carbocycles. The zero-order valence-electron chi connectivity index (χ0n) is 9.36. The average molecular weight is 247 g/mol. The summed E-state index contributed by atoms with van der Waals surface area (Å²) in [5, 5.41) is 9.88. The van der Waals surface area contributed by atoms with Gasteiger partial charge in [0, 0.05) is 24.9 Å². The van der Waals surface area contributed by atoms with E-state index in [4.69, 9.17) is 0 Å². The van der Waals surface area contributed by atoms with Crippen LogP contribution in [0.5, 0.6) is 0 Å². The van der Waals surface area contributed by atoms with Crippen molar-refractivity contribution in [3.8, 4) is 0 Å². The van der Waals surface area contributed by atoms with Crippen molar-refractivity contribution in [1.82, 2.24) is 10.2 Å². The summed E-state index contributed by atoms with van der Waals surface area (Å²) in [7, 11) is 0. The van der Waals surface area contributed by atoms with E-state index in [1.54, 1.807) is 0 Å². The molecule has 1 aliphatic rings. The van der Waals surface area contributed by atoms with Crippen molar-refractivity contribution < 1.29 is 8.78 Å². The Balaban J connectivity index is 2.03. The van der Waals surface area contributed by atoms with Crippen LogP contribution in [0.25, 0.3) is 0 Å². The molecule has 2 heterocycles. The number of hydrogen-bond acceptors (Lipinski definition) is 4. The van der Waals surface area contributed by atoms with E-state index in [9.17, 15) is 8.78 Å². The van der Waals surface area contributed by atoms with E-state index in [-0.39, 0.29) is 0 Å². The molecule has 1 aromatic rings. The molecule has 1 aliphatic heterocycles. The summed E-state index contributed by atoms with van der Waals surface area (Å²) in [6.07, 6.45) is -1.67. The van der Waals surface area contributed by atoms with Crippen LogP contribution in [0.1, 0.15) is 31.2 Å². The van der Waals surface area contributed by atoms with Gasteiger partial charge in [-0.25, -0.2) is 8.78 Å². The van der Waals surface area contributed by atoms with Crippen LogP contribution in [-0.4, -0.2) is 29.7 Å². The number of hydrogen-bond donors (Lipinski definition) is 0. The highest BCUT2D eigenvalue weighted by molar-refractivity contribution is 7.15. The summed E-state index contributed by atoms with van der Waals surface area (Å²) in [6.45, 7) is 5.18. The van der Waals surface area contributed by atoms with E-state index < -0.39 is 12.3 Å². The van der Waals surface area contributed by atoms with Gasteiger partial charge in [-0.1, -0.05) is 25.2 Å². The van der Waals surface area contributed by atoms with Gasteiger partial charge in [0.1, 0.15) is 5.01 Å². The van der Waals surface area contributed by atoms with Crippen molar-refractivity contribution in [1.29, 1.82) is 0 Å². The summed E-state index contributed by atoms with van der Waals surface area (Å²) in [6, 6.07) is 0. The predicted octanol–water partition coefficient (Wildman–Crippen LogP) is 2.75. The highest BCUT2D eigenvalue weighted by atomic mass is 32.1. The molecule has 90 valence electrons. The molecular weight excluding hydrogens is 232 g/mol. The first-order valence-corrected chi connectivity index (χ1v) is 6.26. The summed E-state index contributed by atoms with van der Waals surface area (Å²) in [5.74, 6) is -0.161. The lowest BCUT2D eigenvalue weighted by atomic mass is 10.1. The van der Waals surface area contributed by atoms with Crippen LogP contribution in [0.4, 0.5) is 13.9 Å². The maximum absolute atomic E-state index is 12.5. The average Bonchev–Trinajstić information content (AvgIpc) is 2.86. The first kappa shape index (κ1) is 11.7. The van der Waals surface area contributed by atoms with Crippen LogP contribution in [0.15, 0.2) is 0 Å². The maximum atomic E-state index is 12.5. The Morgan fingerprint density at radius 1 is 1.38 bits per heavy atom. The van der Waals surface area contributed by atoms with Crippen molar-refractivity contribution in [3.63, 3.8) is 0 Å². The van der Waals surface area contributed by atoms with Crippen molar-refractivity contribution >= 4 is 16.5 Å². The Morgan fingerprint density at radius 3 is 2.62 bits per heavy atom. The Hall–Kier alpha value is -0.780. The molecule has 0 aliphatic carbocycles. The zero-order valence-corrected chi connectivity index (χ0v) is 10.2. The molecule has 0 saturated carbocycles. The lowest BCUT2D eigenvalue weighted by molar-refractivity contribution is 0.0880. The fourth-order valence-electron chi connectivity index (χ4n) is 1.75. The normalized spacial score (nSPS) is 21.4. The van der Waals surface area contributed by atoms with Crippen LogP contribution >= 0.6 is 11.3 Å². The third-order valence-electron chi connectivity index (χ3n) is 2.78. The molecule has 1 aromatic heterocycles. The third kappa shape index (κ3) is 2.31. The van der Waals surface area contributed by atoms with Crippen LogP contribution in [0.3, 0.4) is 0 Å². The number of nitrogens with zero attached hydrogens (tertiary/aromatic N) is 3. The van der Waals surface area contributed by atoms with Gasteiger partial charge in [-0.05, 0) is 6.42 Å². The molecule has 3 nitrogen and oxygen atoms in total. The summed E-state index contributed by atoms with van der Waals surface area (Å²) < 4.78 is 25.0. The minimum absolute atomic E-state index is 0.347. The molecule has 1 saturated heterocycles. The highest BCUT2D eigenvalue weighted by Crippen LogP contribution is 2.31. The van der Waals surface area contributed by atoms with Gasteiger partial charge < -0.3 is 4.90 Å². The van der Waals surface area contributed by atoms with E-state index in [0.717, 1.165) is 10.1 Å². The second-order valence-corrected chi connectivity index (χ2v) is 5.39. The topological polar surface area (TPSA) is 29.0 Å². The first-order chi connectivity index (χ1) is 7.58. The van der Waals surface area contributed by atoms with E-state index >= 15 is 0 Å². The number of halogens is 2. The van der Waals surface area contributed by atoms with Crippen molar-refractivity contribution in [2.24, 2.45) is 5.92 Å². The minimum Gasteiger partial charge on any atom is -0.346 e. The van der Waals surface area contributed by atoms with Gasteiger partial charge in [0.2, 0.25) is 11.6 Å². The Kier molecular flexibility index (Phi) is 3.37. The zero-order chi connectivity index (χ0) is 11.7. The Labute approximate surface area is 97.5 Å². The fraction of sp³-hybridized carbons (Fsp3) is 0.800. The highest BCUT2D eigenvalue weighted by Gasteiger charge is 2.31. The lowest BCUT2D eigenvalue weighted by Crippen LogP contribution is -2.21. The summed E-state index contributed by atoms with van der Waals surface area (Å²) in [5.41, 5.74) is 0. The fourth-order valence-corrected chi connectivity index (χ4v) is 2.64. The second-order valence-electron chi connectivity index (χ2n) is 4.41. The molecule has 1 fully saturated rings. The van der Waals surface area contributed by atoms with Gasteiger partial charge in [0.15, 0.2) is 0 Å². The van der Waals surface area contributed by atoms with Gasteiger partial charge in [-0.3, -0.25) is 0 Å². The molecule has 0 spiro atoms. The van der Waals surface area contributed by atoms with E-state index in [0.29, 0.717) is 25.4 Å². The predicted molar refractivity (Wildman–Crippen MR) is 60.3 cm³/mol. The summed E-state index contributed by atoms with van der Waals surface area (Å²) in [4.78, 5) is 1.92. The van der Waals surface area contributed by atoms with E-state index in [1.165, 1.54) is 11.3 Å². The number of alkyl halides is 2. The third-order valence-corrected chi connectivity index (χ3v) is 4.06. The maximum Gasteiger partial charge on any atom is 0.243 e. The quantitative estimate of drug-likeness (QED) is 0.822. The number of aromatic nitrogens is 2. The smallest absolute Gasteiger partial charge is 0.243 e. The van der Waals surface area contributed by atoms with Crippen molar-refractivity contribution in [2.45, 2.75) is 32.6 Å². The first-order valence-electron chi connectivity index (χ1n) is 5.44. The molecule has 0 bridgehead atoms. The van der Waals surface area contributed by atoms with E-state index in [2.05, 4.69) is 24.0 Å². The van der Waals surface area contributed by atoms with Crippen molar-refractivity contribution in [2.75, 3.05) is 18.0 Å². The molecule has 0 amide bonds. The van der Waals surface area contributed by atoms with Crippen LogP contribution in [0, 0.1) is 5.92 Å². The summed E-state index contributed by atoms with van der Waals surface area (Å²) >= 11 is 1.51. The minimum atomic E-state index is -2.22. The molecule has 1 atom stereocenters. The molecule has 1 unspecified atom stereocenters. The molecule has 0 radical (unpaired) electrons. The number of anilines is 1. The van der Waals surface area contributed by atoms with Crippen LogP contribution in [-0.2, 0) is 0 Å². The Morgan fingerprint density at radius 2 is 2.12 bits per heavy atom. The monoisotopic (exact) mass is 247 g/mol.